The maximum atomic E-state index is 13.1. The topological polar surface area (TPSA) is 124 Å². The molecule has 9 heteroatoms. The van der Waals surface area contributed by atoms with E-state index in [2.05, 4.69) is 5.32 Å². The third kappa shape index (κ3) is 2.75. The number of amides is 4. The van der Waals surface area contributed by atoms with Crippen LogP contribution in [0.2, 0.25) is 0 Å². The van der Waals surface area contributed by atoms with Gasteiger partial charge in [-0.25, -0.2) is 4.79 Å². The van der Waals surface area contributed by atoms with Crippen molar-refractivity contribution < 1.29 is 29.1 Å². The predicted molar refractivity (Wildman–Crippen MR) is 95.7 cm³/mol. The second-order valence-corrected chi connectivity index (χ2v) is 6.88. The fraction of sp³-hybridized carbons (Fsp3) is 0.316. The van der Waals surface area contributed by atoms with Crippen LogP contribution in [0.4, 0.5) is 5.69 Å². The van der Waals surface area contributed by atoms with Crippen LogP contribution in [0.15, 0.2) is 29.8 Å². The third-order valence-corrected chi connectivity index (χ3v) is 5.27. The van der Waals surface area contributed by atoms with Crippen molar-refractivity contribution in [1.29, 1.82) is 0 Å². The van der Waals surface area contributed by atoms with Crippen LogP contribution in [-0.2, 0) is 14.4 Å². The quantitative estimate of drug-likeness (QED) is 0.720. The number of carboxylic acid groups (broad SMARTS) is 1. The summed E-state index contributed by atoms with van der Waals surface area (Å²) in [5.41, 5.74) is 1.27. The van der Waals surface area contributed by atoms with Gasteiger partial charge in [0.15, 0.2) is 0 Å². The first-order valence-corrected chi connectivity index (χ1v) is 8.90. The zero-order valence-electron chi connectivity index (χ0n) is 14.8. The molecule has 0 aliphatic carbocycles. The molecule has 3 heterocycles. The van der Waals surface area contributed by atoms with E-state index in [0.717, 1.165) is 4.90 Å². The molecule has 1 atom stereocenters. The van der Waals surface area contributed by atoms with Crippen molar-refractivity contribution in [2.75, 3.05) is 18.0 Å². The molecule has 1 unspecified atom stereocenters. The van der Waals surface area contributed by atoms with Gasteiger partial charge >= 0.3 is 5.97 Å². The summed E-state index contributed by atoms with van der Waals surface area (Å²) in [7, 11) is 0. The molecule has 0 saturated carbocycles. The Morgan fingerprint density at radius 2 is 1.89 bits per heavy atom. The lowest BCUT2D eigenvalue weighted by molar-refractivity contribution is -0.136. The molecule has 3 aliphatic heterocycles. The summed E-state index contributed by atoms with van der Waals surface area (Å²) in [6.45, 7) is 0.701. The second-order valence-electron chi connectivity index (χ2n) is 6.88. The first-order chi connectivity index (χ1) is 13.4. The highest BCUT2D eigenvalue weighted by Crippen LogP contribution is 2.35. The van der Waals surface area contributed by atoms with E-state index in [0.29, 0.717) is 30.8 Å². The zero-order chi connectivity index (χ0) is 20.0. The number of imide groups is 2. The summed E-state index contributed by atoms with van der Waals surface area (Å²) in [5.74, 6) is -3.17. The van der Waals surface area contributed by atoms with Crippen molar-refractivity contribution in [1.82, 2.24) is 10.2 Å². The Balaban J connectivity index is 1.66. The number of fused-ring (bicyclic) bond motifs is 1. The number of benzene rings is 1. The highest BCUT2D eigenvalue weighted by atomic mass is 16.4. The van der Waals surface area contributed by atoms with E-state index >= 15 is 0 Å². The molecular weight excluding hydrogens is 366 g/mol. The van der Waals surface area contributed by atoms with E-state index < -0.39 is 35.6 Å². The zero-order valence-corrected chi connectivity index (χ0v) is 14.8. The van der Waals surface area contributed by atoms with Crippen molar-refractivity contribution in [2.24, 2.45) is 0 Å². The smallest absolute Gasteiger partial charge is 0.331 e. The van der Waals surface area contributed by atoms with Crippen LogP contribution in [0.5, 0.6) is 0 Å². The average molecular weight is 383 g/mol. The van der Waals surface area contributed by atoms with Gasteiger partial charge in [0.2, 0.25) is 11.8 Å². The molecule has 1 fully saturated rings. The summed E-state index contributed by atoms with van der Waals surface area (Å²) in [4.78, 5) is 63.3. The van der Waals surface area contributed by atoms with Gasteiger partial charge < -0.3 is 10.0 Å². The van der Waals surface area contributed by atoms with Gasteiger partial charge in [-0.3, -0.25) is 29.4 Å². The van der Waals surface area contributed by atoms with Crippen LogP contribution in [-0.4, -0.2) is 58.7 Å². The van der Waals surface area contributed by atoms with Gasteiger partial charge in [0.25, 0.3) is 11.8 Å². The molecule has 9 nitrogen and oxygen atoms in total. The lowest BCUT2D eigenvalue weighted by Crippen LogP contribution is -2.54. The molecule has 4 amide bonds. The van der Waals surface area contributed by atoms with Gasteiger partial charge in [0.05, 0.1) is 16.8 Å². The summed E-state index contributed by atoms with van der Waals surface area (Å²) in [5, 5.41) is 11.3. The second kappa shape index (κ2) is 6.59. The van der Waals surface area contributed by atoms with Crippen molar-refractivity contribution in [2.45, 2.75) is 25.3 Å². The van der Waals surface area contributed by atoms with E-state index in [1.165, 1.54) is 6.07 Å². The number of hydrogen-bond acceptors (Lipinski definition) is 6. The average Bonchev–Trinajstić information content (AvgIpc) is 2.93. The van der Waals surface area contributed by atoms with Crippen molar-refractivity contribution in [3.8, 4) is 0 Å². The van der Waals surface area contributed by atoms with Gasteiger partial charge in [0, 0.05) is 25.1 Å². The summed E-state index contributed by atoms with van der Waals surface area (Å²) < 4.78 is 0. The summed E-state index contributed by atoms with van der Waals surface area (Å²) >= 11 is 0. The maximum absolute atomic E-state index is 13.1. The predicted octanol–water partition coefficient (Wildman–Crippen LogP) is 0.309. The standard InChI is InChI=1S/C19H17N3O6/c23-14-5-4-13(16(24)20-14)22-17(25)11-2-1-3-12(15(11)18(22)26)21-8-6-10(7-9-21)19(27)28/h1-3,6,13H,4-5,7-9H2,(H,27,28)(H,20,23,24). The first-order valence-electron chi connectivity index (χ1n) is 8.90. The number of carbonyl (C=O) groups excluding carboxylic acids is 4. The summed E-state index contributed by atoms with van der Waals surface area (Å²) in [6, 6.07) is 3.88. The lowest BCUT2D eigenvalue weighted by Gasteiger charge is -2.29. The summed E-state index contributed by atoms with van der Waals surface area (Å²) in [6.07, 6.45) is 2.06. The van der Waals surface area contributed by atoms with E-state index in [-0.39, 0.29) is 24.0 Å². The molecule has 2 N–H and O–H groups in total. The Morgan fingerprint density at radius 3 is 2.54 bits per heavy atom. The van der Waals surface area contributed by atoms with Crippen LogP contribution in [0, 0.1) is 0 Å². The largest absolute Gasteiger partial charge is 0.478 e. The maximum Gasteiger partial charge on any atom is 0.331 e. The van der Waals surface area contributed by atoms with Crippen molar-refractivity contribution in [3.05, 3.63) is 41.0 Å². The first kappa shape index (κ1) is 17.9. The van der Waals surface area contributed by atoms with Gasteiger partial charge in [-0.2, -0.15) is 0 Å². The monoisotopic (exact) mass is 383 g/mol. The normalized spacial score (nSPS) is 22.1. The Morgan fingerprint density at radius 1 is 1.11 bits per heavy atom. The molecule has 0 spiro atoms. The number of hydrogen-bond donors (Lipinski definition) is 2. The van der Waals surface area contributed by atoms with Crippen molar-refractivity contribution in [3.63, 3.8) is 0 Å². The van der Waals surface area contributed by atoms with Crippen LogP contribution in [0.25, 0.3) is 0 Å². The number of nitrogens with one attached hydrogen (secondary N) is 1. The minimum Gasteiger partial charge on any atom is -0.478 e. The van der Waals surface area contributed by atoms with E-state index in [1.807, 2.05) is 4.90 Å². The molecule has 3 aliphatic rings. The SMILES string of the molecule is O=C1CCC(N2C(=O)c3cccc(N4CC=C(C(=O)O)CC4)c3C2=O)C(=O)N1. The van der Waals surface area contributed by atoms with Crippen LogP contribution in [0.3, 0.4) is 0 Å². The molecule has 28 heavy (non-hydrogen) atoms. The molecule has 1 aromatic carbocycles. The van der Waals surface area contributed by atoms with E-state index in [1.54, 1.807) is 18.2 Å². The molecule has 0 aromatic heterocycles. The van der Waals surface area contributed by atoms with Crippen LogP contribution < -0.4 is 10.2 Å². The van der Waals surface area contributed by atoms with E-state index in [4.69, 9.17) is 5.11 Å². The minimum absolute atomic E-state index is 0.0611. The van der Waals surface area contributed by atoms with Crippen LogP contribution in [0.1, 0.15) is 40.0 Å². The van der Waals surface area contributed by atoms with Gasteiger partial charge in [-0.05, 0) is 25.0 Å². The Bertz CT molecular complexity index is 966. The number of carboxylic acids is 1. The number of nitrogens with zero attached hydrogens (tertiary/aromatic N) is 2. The van der Waals surface area contributed by atoms with Gasteiger partial charge in [-0.15, -0.1) is 0 Å². The third-order valence-electron chi connectivity index (χ3n) is 5.27. The van der Waals surface area contributed by atoms with E-state index in [9.17, 15) is 24.0 Å². The number of anilines is 1. The minimum atomic E-state index is -1.02. The molecule has 0 radical (unpaired) electrons. The number of carbonyl (C=O) groups is 5. The Kier molecular flexibility index (Phi) is 4.21. The number of aliphatic carboxylic acids is 1. The van der Waals surface area contributed by atoms with Gasteiger partial charge in [0.1, 0.15) is 6.04 Å². The lowest BCUT2D eigenvalue weighted by atomic mass is 10.0. The Hall–Kier alpha value is -3.49. The number of rotatable bonds is 3. The fourth-order valence-electron chi connectivity index (χ4n) is 3.84. The highest BCUT2D eigenvalue weighted by Gasteiger charge is 2.46. The highest BCUT2D eigenvalue weighted by molar-refractivity contribution is 6.25. The molecule has 4 rings (SSSR count). The number of piperidine rings is 1. The van der Waals surface area contributed by atoms with Gasteiger partial charge in [-0.1, -0.05) is 12.1 Å². The molecule has 144 valence electrons. The molecular formula is C19H17N3O6. The van der Waals surface area contributed by atoms with Crippen LogP contribution >= 0.6 is 0 Å². The van der Waals surface area contributed by atoms with Crippen molar-refractivity contribution >= 4 is 35.3 Å². The molecule has 1 aromatic rings. The molecule has 1 saturated heterocycles. The Labute approximate surface area is 159 Å². The fourth-order valence-corrected chi connectivity index (χ4v) is 3.84. The molecule has 0 bridgehead atoms.